The van der Waals surface area contributed by atoms with Gasteiger partial charge in [0, 0.05) is 42.5 Å². The zero-order valence-corrected chi connectivity index (χ0v) is 16.2. The Morgan fingerprint density at radius 2 is 1.89 bits per heavy atom. The average molecular weight is 389 g/mol. The van der Waals surface area contributed by atoms with E-state index in [1.165, 1.54) is 6.21 Å². The molecule has 0 saturated carbocycles. The number of halogens is 1. The highest BCUT2D eigenvalue weighted by atomic mass is 35.5. The summed E-state index contributed by atoms with van der Waals surface area (Å²) in [5.74, 6) is 1.36. The van der Waals surface area contributed by atoms with Gasteiger partial charge in [-0.2, -0.15) is 0 Å². The SMILES string of the molecule is COc1cc(OCCN2CCC(O)(c3ccc(Cl)cc3)CC2)ccc1C=N. The van der Waals surface area contributed by atoms with Gasteiger partial charge in [0.05, 0.1) is 12.7 Å². The third-order valence-electron chi connectivity index (χ3n) is 5.10. The monoisotopic (exact) mass is 388 g/mol. The van der Waals surface area contributed by atoms with Crippen LogP contribution in [0.5, 0.6) is 11.5 Å². The highest BCUT2D eigenvalue weighted by molar-refractivity contribution is 6.30. The Kier molecular flexibility index (Phi) is 6.37. The van der Waals surface area contributed by atoms with Crippen molar-refractivity contribution in [2.45, 2.75) is 18.4 Å². The van der Waals surface area contributed by atoms with Gasteiger partial charge in [-0.1, -0.05) is 23.7 Å². The molecule has 1 saturated heterocycles. The molecule has 5 nitrogen and oxygen atoms in total. The predicted molar refractivity (Wildman–Crippen MR) is 107 cm³/mol. The number of piperidine rings is 1. The van der Waals surface area contributed by atoms with Crippen LogP contribution in [-0.4, -0.2) is 49.6 Å². The van der Waals surface area contributed by atoms with Crippen molar-refractivity contribution in [1.29, 1.82) is 5.41 Å². The highest BCUT2D eigenvalue weighted by Crippen LogP contribution is 2.33. The van der Waals surface area contributed by atoms with Gasteiger partial charge in [0.2, 0.25) is 0 Å². The van der Waals surface area contributed by atoms with Crippen LogP contribution in [0.15, 0.2) is 42.5 Å². The van der Waals surface area contributed by atoms with E-state index in [1.807, 2.05) is 36.4 Å². The van der Waals surface area contributed by atoms with E-state index in [0.717, 1.165) is 36.5 Å². The smallest absolute Gasteiger partial charge is 0.131 e. The van der Waals surface area contributed by atoms with Crippen LogP contribution >= 0.6 is 11.6 Å². The van der Waals surface area contributed by atoms with E-state index in [2.05, 4.69) is 4.90 Å². The lowest BCUT2D eigenvalue weighted by Crippen LogP contribution is -2.43. The molecule has 0 aliphatic carbocycles. The van der Waals surface area contributed by atoms with Gasteiger partial charge in [-0.15, -0.1) is 0 Å². The van der Waals surface area contributed by atoms with Crippen LogP contribution in [0.25, 0.3) is 0 Å². The molecule has 1 aliphatic heterocycles. The number of aliphatic hydroxyl groups is 1. The second kappa shape index (κ2) is 8.74. The van der Waals surface area contributed by atoms with Gasteiger partial charge in [0.1, 0.15) is 18.1 Å². The van der Waals surface area contributed by atoms with Gasteiger partial charge >= 0.3 is 0 Å². The van der Waals surface area contributed by atoms with Crippen LogP contribution in [0, 0.1) is 5.41 Å². The van der Waals surface area contributed by atoms with E-state index >= 15 is 0 Å². The molecule has 1 fully saturated rings. The molecule has 0 amide bonds. The van der Waals surface area contributed by atoms with E-state index < -0.39 is 5.60 Å². The van der Waals surface area contributed by atoms with E-state index in [0.29, 0.717) is 30.2 Å². The molecule has 2 N–H and O–H groups in total. The van der Waals surface area contributed by atoms with Crippen LogP contribution < -0.4 is 9.47 Å². The fraction of sp³-hybridized carbons (Fsp3) is 0.381. The van der Waals surface area contributed by atoms with E-state index in [-0.39, 0.29) is 0 Å². The van der Waals surface area contributed by atoms with Crippen LogP contribution in [0.4, 0.5) is 0 Å². The fourth-order valence-corrected chi connectivity index (χ4v) is 3.51. The van der Waals surface area contributed by atoms with Crippen LogP contribution in [-0.2, 0) is 5.60 Å². The van der Waals surface area contributed by atoms with Crippen molar-refractivity contribution in [2.24, 2.45) is 0 Å². The zero-order valence-electron chi connectivity index (χ0n) is 15.5. The van der Waals surface area contributed by atoms with Crippen molar-refractivity contribution in [3.63, 3.8) is 0 Å². The summed E-state index contributed by atoms with van der Waals surface area (Å²) >= 11 is 5.94. The van der Waals surface area contributed by atoms with Gasteiger partial charge in [-0.25, -0.2) is 0 Å². The van der Waals surface area contributed by atoms with E-state index in [4.69, 9.17) is 26.5 Å². The first kappa shape index (κ1) is 19.7. The maximum absolute atomic E-state index is 10.9. The predicted octanol–water partition coefficient (Wildman–Crippen LogP) is 3.71. The second-order valence-electron chi connectivity index (χ2n) is 6.78. The molecule has 0 radical (unpaired) electrons. The first-order chi connectivity index (χ1) is 13.0. The summed E-state index contributed by atoms with van der Waals surface area (Å²) in [5, 5.41) is 19.0. The molecule has 27 heavy (non-hydrogen) atoms. The molecule has 2 aromatic carbocycles. The number of hydrogen-bond donors (Lipinski definition) is 2. The van der Waals surface area contributed by atoms with Crippen molar-refractivity contribution in [1.82, 2.24) is 4.90 Å². The Hall–Kier alpha value is -2.08. The van der Waals surface area contributed by atoms with Crippen molar-refractivity contribution >= 4 is 17.8 Å². The number of nitrogens with zero attached hydrogens (tertiary/aromatic N) is 1. The Balaban J connectivity index is 1.48. The number of methoxy groups -OCH3 is 1. The summed E-state index contributed by atoms with van der Waals surface area (Å²) in [4.78, 5) is 2.30. The minimum absolute atomic E-state index is 0.562. The minimum Gasteiger partial charge on any atom is -0.496 e. The standard InChI is InChI=1S/C21H25ClN2O3/c1-26-20-14-19(7-2-16(20)15-23)27-13-12-24-10-8-21(25,9-11-24)17-3-5-18(22)6-4-17/h2-7,14-15,23,25H,8-13H2,1H3. The molecule has 0 bridgehead atoms. The minimum atomic E-state index is -0.780. The summed E-state index contributed by atoms with van der Waals surface area (Å²) in [5.41, 5.74) is 0.876. The van der Waals surface area contributed by atoms with Crippen LogP contribution in [0.2, 0.25) is 5.02 Å². The summed E-state index contributed by atoms with van der Waals surface area (Å²) < 4.78 is 11.1. The lowest BCUT2D eigenvalue weighted by atomic mass is 9.84. The molecule has 6 heteroatoms. The molecule has 1 heterocycles. The van der Waals surface area contributed by atoms with Crippen molar-refractivity contribution in [2.75, 3.05) is 33.4 Å². The molecule has 0 spiro atoms. The molecule has 0 unspecified atom stereocenters. The Bertz CT molecular complexity index is 771. The van der Waals surface area contributed by atoms with Crippen molar-refractivity contribution in [3.05, 3.63) is 58.6 Å². The van der Waals surface area contributed by atoms with E-state index in [1.54, 1.807) is 13.2 Å². The van der Waals surface area contributed by atoms with Crippen LogP contribution in [0.3, 0.4) is 0 Å². The summed E-state index contributed by atoms with van der Waals surface area (Å²) in [6, 6.07) is 12.9. The Morgan fingerprint density at radius 1 is 1.19 bits per heavy atom. The molecular formula is C21H25ClN2O3. The van der Waals surface area contributed by atoms with Crippen molar-refractivity contribution < 1.29 is 14.6 Å². The van der Waals surface area contributed by atoms with Gasteiger partial charge in [-0.3, -0.25) is 4.90 Å². The average Bonchev–Trinajstić information content (AvgIpc) is 2.70. The molecule has 1 aliphatic rings. The summed E-state index contributed by atoms with van der Waals surface area (Å²) in [7, 11) is 1.58. The van der Waals surface area contributed by atoms with Gasteiger partial charge < -0.3 is 20.0 Å². The zero-order chi connectivity index (χ0) is 19.3. The lowest BCUT2D eigenvalue weighted by molar-refractivity contribution is -0.0278. The topological polar surface area (TPSA) is 65.8 Å². The maximum Gasteiger partial charge on any atom is 0.131 e. The summed E-state index contributed by atoms with van der Waals surface area (Å²) in [6.07, 6.45) is 2.64. The van der Waals surface area contributed by atoms with Gasteiger partial charge in [0.25, 0.3) is 0 Å². The molecule has 144 valence electrons. The first-order valence-electron chi connectivity index (χ1n) is 9.06. The number of ether oxygens (including phenoxy) is 2. The van der Waals surface area contributed by atoms with Gasteiger partial charge in [0.15, 0.2) is 0 Å². The van der Waals surface area contributed by atoms with Gasteiger partial charge in [-0.05, 0) is 42.7 Å². The maximum atomic E-state index is 10.9. The lowest BCUT2D eigenvalue weighted by Gasteiger charge is -2.38. The Morgan fingerprint density at radius 3 is 2.52 bits per heavy atom. The third-order valence-corrected chi connectivity index (χ3v) is 5.35. The quantitative estimate of drug-likeness (QED) is 0.709. The number of hydrogen-bond acceptors (Lipinski definition) is 5. The number of benzene rings is 2. The molecule has 2 aromatic rings. The molecular weight excluding hydrogens is 364 g/mol. The van der Waals surface area contributed by atoms with Crippen molar-refractivity contribution in [3.8, 4) is 11.5 Å². The number of nitrogens with one attached hydrogen (secondary N) is 1. The fourth-order valence-electron chi connectivity index (χ4n) is 3.39. The Labute approximate surface area is 165 Å². The largest absolute Gasteiger partial charge is 0.496 e. The van der Waals surface area contributed by atoms with Crippen LogP contribution in [0.1, 0.15) is 24.0 Å². The molecule has 3 rings (SSSR count). The molecule has 0 aromatic heterocycles. The highest BCUT2D eigenvalue weighted by Gasteiger charge is 2.33. The third kappa shape index (κ3) is 4.80. The second-order valence-corrected chi connectivity index (χ2v) is 7.21. The van der Waals surface area contributed by atoms with E-state index in [9.17, 15) is 5.11 Å². The number of likely N-dealkylation sites (tertiary alicyclic amines) is 1. The summed E-state index contributed by atoms with van der Waals surface area (Å²) in [6.45, 7) is 2.99. The first-order valence-corrected chi connectivity index (χ1v) is 9.44. The molecule has 0 atom stereocenters. The number of rotatable bonds is 7. The normalized spacial score (nSPS) is 16.7.